The number of benzene rings is 1. The highest BCUT2D eigenvalue weighted by Crippen LogP contribution is 2.40. The fourth-order valence-electron chi connectivity index (χ4n) is 4.33. The van der Waals surface area contributed by atoms with Crippen molar-refractivity contribution in [1.29, 1.82) is 0 Å². The average Bonchev–Trinajstić information content (AvgIpc) is 3.49. The van der Waals surface area contributed by atoms with Gasteiger partial charge in [0.15, 0.2) is 5.11 Å². The van der Waals surface area contributed by atoms with Gasteiger partial charge in [0.1, 0.15) is 0 Å². The Morgan fingerprint density at radius 1 is 1.03 bits per heavy atom. The lowest BCUT2D eigenvalue weighted by Crippen LogP contribution is -2.30. The Bertz CT molecular complexity index is 1310. The van der Waals surface area contributed by atoms with Crippen LogP contribution < -0.4 is 5.32 Å². The van der Waals surface area contributed by atoms with Crippen LogP contribution in [0.4, 0.5) is 0 Å². The van der Waals surface area contributed by atoms with Gasteiger partial charge in [-0.3, -0.25) is 9.97 Å². The minimum absolute atomic E-state index is 0.152. The lowest BCUT2D eigenvalue weighted by Gasteiger charge is -2.28. The van der Waals surface area contributed by atoms with Crippen LogP contribution in [0.3, 0.4) is 0 Å². The largest absolute Gasteiger partial charge is 0.465 e. The van der Waals surface area contributed by atoms with Crippen molar-refractivity contribution < 1.29 is 9.53 Å². The Labute approximate surface area is 203 Å². The molecule has 0 radical (unpaired) electrons. The summed E-state index contributed by atoms with van der Waals surface area (Å²) in [4.78, 5) is 23.4. The van der Waals surface area contributed by atoms with Crippen LogP contribution in [0.2, 0.25) is 0 Å². The minimum Gasteiger partial charge on any atom is -0.465 e. The van der Waals surface area contributed by atoms with Gasteiger partial charge < -0.3 is 19.5 Å². The summed E-state index contributed by atoms with van der Waals surface area (Å²) in [5.41, 5.74) is 4.18. The zero-order chi connectivity index (χ0) is 23.5. The van der Waals surface area contributed by atoms with Crippen LogP contribution in [0.25, 0.3) is 5.69 Å². The number of hydrogen-bond donors (Lipinski definition) is 1. The van der Waals surface area contributed by atoms with E-state index in [-0.39, 0.29) is 18.1 Å². The van der Waals surface area contributed by atoms with Gasteiger partial charge in [-0.2, -0.15) is 0 Å². The molecule has 1 fully saturated rings. The molecule has 0 spiro atoms. The number of ether oxygens (including phenoxy) is 1. The number of carbonyl (C=O) groups excluding carboxylic acids is 1. The normalized spacial score (nSPS) is 17.4. The first-order valence-electron chi connectivity index (χ1n) is 10.9. The quantitative estimate of drug-likeness (QED) is 0.335. The number of pyridine rings is 2. The molecule has 0 bridgehead atoms. The van der Waals surface area contributed by atoms with Crippen molar-refractivity contribution in [1.82, 2.24) is 24.8 Å². The number of nitrogens with zero attached hydrogens (tertiary/aromatic N) is 4. The molecule has 0 saturated carbocycles. The smallest absolute Gasteiger partial charge is 0.337 e. The summed E-state index contributed by atoms with van der Waals surface area (Å²) in [6.07, 6.45) is 5.56. The zero-order valence-corrected chi connectivity index (χ0v) is 19.4. The van der Waals surface area contributed by atoms with Crippen LogP contribution >= 0.6 is 12.2 Å². The minimum atomic E-state index is -0.373. The van der Waals surface area contributed by atoms with E-state index < -0.39 is 0 Å². The predicted molar refractivity (Wildman–Crippen MR) is 132 cm³/mol. The molecule has 1 N–H and O–H groups in total. The Hall–Kier alpha value is -4.04. The number of carbonyl (C=O) groups is 1. The number of aromatic nitrogens is 3. The first kappa shape index (κ1) is 21.8. The van der Waals surface area contributed by atoms with E-state index in [2.05, 4.69) is 30.8 Å². The number of nitrogens with one attached hydrogen (secondary N) is 1. The summed E-state index contributed by atoms with van der Waals surface area (Å²) >= 11 is 5.79. The lowest BCUT2D eigenvalue weighted by molar-refractivity contribution is 0.0600. The molecule has 1 saturated heterocycles. The van der Waals surface area contributed by atoms with Crippen LogP contribution in [0, 0.1) is 0 Å². The van der Waals surface area contributed by atoms with Gasteiger partial charge in [0.05, 0.1) is 42.7 Å². The highest BCUT2D eigenvalue weighted by atomic mass is 32.1. The monoisotopic (exact) mass is 469 g/mol. The maximum atomic E-state index is 12.1. The topological polar surface area (TPSA) is 72.3 Å². The van der Waals surface area contributed by atoms with Crippen molar-refractivity contribution in [3.8, 4) is 5.69 Å². The van der Waals surface area contributed by atoms with Gasteiger partial charge in [-0.1, -0.05) is 18.2 Å². The van der Waals surface area contributed by atoms with Gasteiger partial charge >= 0.3 is 5.97 Å². The summed E-state index contributed by atoms with van der Waals surface area (Å²) in [7, 11) is 1.38. The van der Waals surface area contributed by atoms with E-state index in [1.165, 1.54) is 7.11 Å². The average molecular weight is 470 g/mol. The van der Waals surface area contributed by atoms with E-state index in [4.69, 9.17) is 17.0 Å². The molecule has 4 aromatic rings. The van der Waals surface area contributed by atoms with Gasteiger partial charge in [0.25, 0.3) is 0 Å². The van der Waals surface area contributed by atoms with Crippen LogP contribution in [0.15, 0.2) is 91.4 Å². The molecule has 0 unspecified atom stereocenters. The molecule has 170 valence electrons. The van der Waals surface area contributed by atoms with E-state index in [1.54, 1.807) is 18.5 Å². The molecular formula is C26H23N5O2S. The number of thiocarbonyl (C=S) groups is 1. The van der Waals surface area contributed by atoms with Crippen molar-refractivity contribution in [2.75, 3.05) is 7.11 Å². The molecule has 0 amide bonds. The van der Waals surface area contributed by atoms with Gasteiger partial charge in [-0.25, -0.2) is 4.79 Å². The zero-order valence-electron chi connectivity index (χ0n) is 18.5. The molecule has 8 heteroatoms. The van der Waals surface area contributed by atoms with E-state index in [9.17, 15) is 4.79 Å². The van der Waals surface area contributed by atoms with Crippen molar-refractivity contribution in [3.63, 3.8) is 0 Å². The first-order chi connectivity index (χ1) is 16.7. The summed E-state index contributed by atoms with van der Waals surface area (Å²) in [6, 6.07) is 22.9. The summed E-state index contributed by atoms with van der Waals surface area (Å²) in [5, 5.41) is 4.12. The summed E-state index contributed by atoms with van der Waals surface area (Å²) in [6.45, 7) is 0.550. The predicted octanol–water partition coefficient (Wildman–Crippen LogP) is 4.23. The maximum Gasteiger partial charge on any atom is 0.337 e. The van der Waals surface area contributed by atoms with Crippen LogP contribution in [-0.4, -0.2) is 37.6 Å². The molecule has 4 heterocycles. The highest BCUT2D eigenvalue weighted by Gasteiger charge is 2.41. The third-order valence-corrected chi connectivity index (χ3v) is 6.24. The Balaban J connectivity index is 1.59. The first-order valence-corrected chi connectivity index (χ1v) is 11.3. The molecule has 3 aromatic heterocycles. The van der Waals surface area contributed by atoms with E-state index in [1.807, 2.05) is 66.9 Å². The van der Waals surface area contributed by atoms with Crippen molar-refractivity contribution in [2.45, 2.75) is 18.6 Å². The van der Waals surface area contributed by atoms with E-state index in [0.717, 1.165) is 22.8 Å². The van der Waals surface area contributed by atoms with Gasteiger partial charge in [-0.15, -0.1) is 0 Å². The fraction of sp³-hybridized carbons (Fsp3) is 0.154. The van der Waals surface area contributed by atoms with Gasteiger partial charge in [0, 0.05) is 30.0 Å². The molecule has 0 aliphatic carbocycles. The number of rotatable bonds is 6. The van der Waals surface area contributed by atoms with E-state index >= 15 is 0 Å². The van der Waals surface area contributed by atoms with Crippen LogP contribution in [0.1, 0.15) is 39.5 Å². The van der Waals surface area contributed by atoms with E-state index in [0.29, 0.717) is 17.2 Å². The molecule has 7 nitrogen and oxygen atoms in total. The van der Waals surface area contributed by atoms with Crippen LogP contribution in [0.5, 0.6) is 0 Å². The maximum absolute atomic E-state index is 12.1. The Morgan fingerprint density at radius 3 is 2.59 bits per heavy atom. The lowest BCUT2D eigenvalue weighted by atomic mass is 10.0. The standard InChI is InChI=1S/C26H23N5O2S/c1-33-25(32)18-8-6-10-20(16-18)30-15-7-12-22(30)24-23(21-11-3-5-14-28-21)29-26(34)31(24)17-19-9-2-4-13-27-19/h2-16,23-24H,17H2,1H3,(H,29,34)/t23-,24-/m0/s1. The SMILES string of the molecule is COC(=O)c1cccc(-n2cccc2[C@H]2[C@H](c3ccccn3)NC(=S)N2Cc2ccccn2)c1. The van der Waals surface area contributed by atoms with Crippen molar-refractivity contribution in [3.05, 3.63) is 114 Å². The van der Waals surface area contributed by atoms with Crippen molar-refractivity contribution >= 4 is 23.3 Å². The number of methoxy groups -OCH3 is 1. The Morgan fingerprint density at radius 2 is 1.85 bits per heavy atom. The van der Waals surface area contributed by atoms with Gasteiger partial charge in [0.2, 0.25) is 0 Å². The molecule has 1 aliphatic heterocycles. The van der Waals surface area contributed by atoms with Crippen molar-refractivity contribution in [2.24, 2.45) is 0 Å². The summed E-state index contributed by atoms with van der Waals surface area (Å²) < 4.78 is 6.99. The number of esters is 1. The second-order valence-electron chi connectivity index (χ2n) is 7.92. The Kier molecular flexibility index (Phi) is 6.05. The molecular weight excluding hydrogens is 446 g/mol. The molecule has 1 aliphatic rings. The van der Waals surface area contributed by atoms with Crippen LogP contribution in [-0.2, 0) is 11.3 Å². The molecule has 5 rings (SSSR count). The molecule has 2 atom stereocenters. The second-order valence-corrected chi connectivity index (χ2v) is 8.31. The van der Waals surface area contributed by atoms with Gasteiger partial charge in [-0.05, 0) is 66.8 Å². The second kappa shape index (κ2) is 9.44. The highest BCUT2D eigenvalue weighted by molar-refractivity contribution is 7.80. The molecule has 1 aromatic carbocycles. The summed E-state index contributed by atoms with van der Waals surface area (Å²) in [5.74, 6) is -0.373. The molecule has 34 heavy (non-hydrogen) atoms. The fourth-order valence-corrected chi connectivity index (χ4v) is 4.64. The third kappa shape index (κ3) is 4.15. The third-order valence-electron chi connectivity index (χ3n) is 5.89. The number of hydrogen-bond acceptors (Lipinski definition) is 5.